The highest BCUT2D eigenvalue weighted by atomic mass is 79.9. The van der Waals surface area contributed by atoms with Crippen molar-refractivity contribution in [2.45, 2.75) is 6.92 Å². The molecule has 11 heavy (non-hydrogen) atoms. The summed E-state index contributed by atoms with van der Waals surface area (Å²) in [6.45, 7) is 5.92. The van der Waals surface area contributed by atoms with Crippen molar-refractivity contribution >= 4 is 47.8 Å². The van der Waals surface area contributed by atoms with E-state index in [1.165, 1.54) is 5.56 Å². The summed E-state index contributed by atoms with van der Waals surface area (Å²) >= 11 is 10.3. The van der Waals surface area contributed by atoms with Crippen molar-refractivity contribution in [1.82, 2.24) is 0 Å². The normalized spacial score (nSPS) is 10.3. The van der Waals surface area contributed by atoms with E-state index in [1.54, 1.807) is 0 Å². The van der Waals surface area contributed by atoms with E-state index in [0.717, 1.165) is 19.0 Å². The first-order chi connectivity index (χ1) is 5.04. The van der Waals surface area contributed by atoms with Crippen LogP contribution in [0.1, 0.15) is 11.1 Å². The number of benzene rings is 1. The van der Waals surface area contributed by atoms with E-state index < -0.39 is 0 Å². The topological polar surface area (TPSA) is 0 Å². The second-order valence-electron chi connectivity index (χ2n) is 2.27. The molecule has 0 unspecified atom stereocenters. The van der Waals surface area contributed by atoms with Crippen LogP contribution >= 0.6 is 47.8 Å². The molecule has 0 heterocycles. The first kappa shape index (κ1) is 9.75. The van der Waals surface area contributed by atoms with Crippen molar-refractivity contribution in [3.63, 3.8) is 0 Å². The predicted molar refractivity (Wildman–Crippen MR) is 58.7 cm³/mol. The van der Waals surface area contributed by atoms with Crippen LogP contribution in [0.25, 0.3) is 0 Å². The molecule has 0 bridgehead atoms. The number of hydrogen-bond donors (Lipinski definition) is 0. The average Bonchev–Trinajstić information content (AvgIpc) is 1.97. The highest BCUT2D eigenvalue weighted by Gasteiger charge is 2.06. The van der Waals surface area contributed by atoms with Gasteiger partial charge in [-0.3, -0.25) is 0 Å². The van der Waals surface area contributed by atoms with Gasteiger partial charge in [-0.2, -0.15) is 0 Å². The van der Waals surface area contributed by atoms with Gasteiger partial charge in [-0.15, -0.1) is 0 Å². The summed E-state index contributed by atoms with van der Waals surface area (Å²) in [7, 11) is 0. The van der Waals surface area contributed by atoms with E-state index >= 15 is 0 Å². The molecule has 1 aromatic rings. The third-order valence-electron chi connectivity index (χ3n) is 1.46. The lowest BCUT2D eigenvalue weighted by molar-refractivity contribution is 1.35. The van der Waals surface area contributed by atoms with Gasteiger partial charge in [0, 0.05) is 13.4 Å². The van der Waals surface area contributed by atoms with Crippen LogP contribution in [0.3, 0.4) is 0 Å². The molecule has 0 saturated carbocycles. The number of halogens is 3. The minimum atomic E-state index is 0.981. The van der Waals surface area contributed by atoms with Crippen molar-refractivity contribution < 1.29 is 0 Å². The smallest absolute Gasteiger partial charge is 0.0360 e. The van der Waals surface area contributed by atoms with Crippen LogP contribution in [-0.2, 0) is 0 Å². The van der Waals surface area contributed by atoms with E-state index in [2.05, 4.69) is 54.7 Å². The fraction of sp³-hybridized carbons (Fsp3) is 0.125. The Hall–Kier alpha value is 0.660. The quantitative estimate of drug-likeness (QED) is 0.611. The summed E-state index contributed by atoms with van der Waals surface area (Å²) in [6.07, 6.45) is 0. The lowest BCUT2D eigenvalue weighted by atomic mass is 10.2. The SMILES string of the molecule is [CH2]c1cc(Br)c(C)c(Br)c1Br. The monoisotopic (exact) mass is 339 g/mol. The summed E-state index contributed by atoms with van der Waals surface area (Å²) in [6, 6.07) is 1.99. The highest BCUT2D eigenvalue weighted by molar-refractivity contribution is 9.13. The van der Waals surface area contributed by atoms with Crippen molar-refractivity contribution in [2.24, 2.45) is 0 Å². The van der Waals surface area contributed by atoms with Crippen LogP contribution in [0.4, 0.5) is 0 Å². The third kappa shape index (κ3) is 1.87. The Morgan fingerprint density at radius 1 is 1.18 bits per heavy atom. The Bertz CT molecular complexity index is 266. The summed E-state index contributed by atoms with van der Waals surface area (Å²) in [5, 5.41) is 0. The maximum atomic E-state index is 3.88. The molecule has 0 atom stereocenters. The molecular weight excluding hydrogens is 336 g/mol. The summed E-state index contributed by atoms with van der Waals surface area (Å²) in [4.78, 5) is 0. The molecule has 1 rings (SSSR count). The fourth-order valence-electron chi connectivity index (χ4n) is 0.735. The van der Waals surface area contributed by atoms with Crippen LogP contribution < -0.4 is 0 Å². The largest absolute Gasteiger partial charge is 0.0505 e. The van der Waals surface area contributed by atoms with Gasteiger partial charge in [-0.25, -0.2) is 0 Å². The zero-order valence-corrected chi connectivity index (χ0v) is 10.7. The van der Waals surface area contributed by atoms with Gasteiger partial charge in [-0.1, -0.05) is 15.9 Å². The average molecular weight is 342 g/mol. The molecule has 3 heteroatoms. The second kappa shape index (κ2) is 3.58. The molecule has 0 N–H and O–H groups in total. The van der Waals surface area contributed by atoms with Gasteiger partial charge in [0.15, 0.2) is 0 Å². The highest BCUT2D eigenvalue weighted by Crippen LogP contribution is 2.34. The third-order valence-corrected chi connectivity index (χ3v) is 4.72. The standard InChI is InChI=1S/C8H6Br3/c1-4-3-6(9)5(2)8(11)7(4)10/h3H,1H2,2H3. The van der Waals surface area contributed by atoms with Crippen LogP contribution in [0, 0.1) is 13.8 Å². The van der Waals surface area contributed by atoms with Crippen LogP contribution in [0.2, 0.25) is 0 Å². The van der Waals surface area contributed by atoms with Crippen LogP contribution in [0.5, 0.6) is 0 Å². The number of hydrogen-bond acceptors (Lipinski definition) is 0. The van der Waals surface area contributed by atoms with Gasteiger partial charge < -0.3 is 0 Å². The van der Waals surface area contributed by atoms with Gasteiger partial charge >= 0.3 is 0 Å². The molecule has 0 aromatic heterocycles. The van der Waals surface area contributed by atoms with Crippen molar-refractivity contribution in [3.05, 3.63) is 37.5 Å². The minimum absolute atomic E-state index is 0.981. The summed E-state index contributed by atoms with van der Waals surface area (Å²) in [5.74, 6) is 0. The maximum absolute atomic E-state index is 3.88. The van der Waals surface area contributed by atoms with Gasteiger partial charge in [0.1, 0.15) is 0 Å². The molecule has 0 spiro atoms. The Balaban J connectivity index is 3.46. The van der Waals surface area contributed by atoms with Gasteiger partial charge in [0.2, 0.25) is 0 Å². The molecule has 1 radical (unpaired) electrons. The molecule has 0 amide bonds. The molecule has 0 aliphatic carbocycles. The Morgan fingerprint density at radius 3 is 2.27 bits per heavy atom. The number of rotatable bonds is 0. The minimum Gasteiger partial charge on any atom is -0.0505 e. The molecule has 0 aliphatic rings. The van der Waals surface area contributed by atoms with E-state index in [-0.39, 0.29) is 0 Å². The molecule has 0 saturated heterocycles. The van der Waals surface area contributed by atoms with Gasteiger partial charge in [-0.05, 0) is 62.9 Å². The molecule has 59 valence electrons. The van der Waals surface area contributed by atoms with Gasteiger partial charge in [0.25, 0.3) is 0 Å². The van der Waals surface area contributed by atoms with Crippen LogP contribution in [-0.4, -0.2) is 0 Å². The van der Waals surface area contributed by atoms with Crippen molar-refractivity contribution in [1.29, 1.82) is 0 Å². The molecule has 0 nitrogen and oxygen atoms in total. The first-order valence-corrected chi connectivity index (χ1v) is 5.38. The lowest BCUT2D eigenvalue weighted by Gasteiger charge is -2.06. The summed E-state index contributed by atoms with van der Waals surface area (Å²) in [5.41, 5.74) is 2.17. The molecule has 0 aliphatic heterocycles. The van der Waals surface area contributed by atoms with Crippen molar-refractivity contribution in [2.75, 3.05) is 0 Å². The zero-order valence-electron chi connectivity index (χ0n) is 5.92. The Morgan fingerprint density at radius 2 is 1.73 bits per heavy atom. The van der Waals surface area contributed by atoms with E-state index in [0.29, 0.717) is 0 Å². The fourth-order valence-corrected chi connectivity index (χ4v) is 2.36. The van der Waals surface area contributed by atoms with Gasteiger partial charge in [0.05, 0.1) is 0 Å². The second-order valence-corrected chi connectivity index (χ2v) is 4.71. The molecule has 0 fully saturated rings. The van der Waals surface area contributed by atoms with E-state index in [1.807, 2.05) is 13.0 Å². The predicted octanol–water partition coefficient (Wildman–Crippen LogP) is 4.46. The molecular formula is C8H6Br3. The van der Waals surface area contributed by atoms with Crippen molar-refractivity contribution in [3.8, 4) is 0 Å². The first-order valence-electron chi connectivity index (χ1n) is 3.00. The molecule has 1 aromatic carbocycles. The van der Waals surface area contributed by atoms with E-state index in [4.69, 9.17) is 0 Å². The Labute approximate surface area is 91.8 Å². The lowest BCUT2D eigenvalue weighted by Crippen LogP contribution is -1.84. The zero-order chi connectivity index (χ0) is 8.59. The maximum Gasteiger partial charge on any atom is 0.0360 e. The summed E-state index contributed by atoms with van der Waals surface area (Å²) < 4.78 is 3.17. The van der Waals surface area contributed by atoms with E-state index in [9.17, 15) is 0 Å². The Kier molecular flexibility index (Phi) is 3.18. The van der Waals surface area contributed by atoms with Crippen LogP contribution in [0.15, 0.2) is 19.5 Å².